The lowest BCUT2D eigenvalue weighted by molar-refractivity contribution is 1.05. The van der Waals surface area contributed by atoms with Crippen molar-refractivity contribution in [1.82, 2.24) is 10.2 Å². The van der Waals surface area contributed by atoms with Gasteiger partial charge in [0.05, 0.1) is 0 Å². The molecule has 0 aliphatic rings. The Labute approximate surface area is 89.8 Å². The van der Waals surface area contributed by atoms with E-state index in [0.29, 0.717) is 0 Å². The molecule has 0 saturated carbocycles. The van der Waals surface area contributed by atoms with Crippen LogP contribution >= 0.6 is 0 Å². The average molecular weight is 204 g/mol. The fourth-order valence-corrected chi connectivity index (χ4v) is 1.19. The number of nitrogens with zero attached hydrogens (tertiary/aromatic N) is 2. The van der Waals surface area contributed by atoms with Crippen molar-refractivity contribution in [3.63, 3.8) is 0 Å². The highest BCUT2D eigenvalue weighted by Gasteiger charge is 2.03. The topological polar surface area (TPSA) is 53.1 Å². The molecule has 0 aliphatic carbocycles. The number of allylic oxidation sites excluding steroid dienone is 2. The summed E-state index contributed by atoms with van der Waals surface area (Å²) in [5.41, 5.74) is 2.03. The van der Waals surface area contributed by atoms with Gasteiger partial charge in [-0.25, -0.2) is 0 Å². The van der Waals surface area contributed by atoms with Crippen LogP contribution in [0.5, 0.6) is 0 Å². The van der Waals surface area contributed by atoms with Crippen molar-refractivity contribution in [3.05, 3.63) is 36.1 Å². The monoisotopic (exact) mass is 204 g/mol. The van der Waals surface area contributed by atoms with Crippen molar-refractivity contribution < 1.29 is 0 Å². The van der Waals surface area contributed by atoms with E-state index in [9.17, 15) is 0 Å². The molecule has 0 unspecified atom stereocenters. The van der Waals surface area contributed by atoms with Gasteiger partial charge in [-0.15, -0.1) is 0 Å². The quantitative estimate of drug-likeness (QED) is 0.451. The van der Waals surface area contributed by atoms with Gasteiger partial charge in [0.2, 0.25) is 0 Å². The number of aliphatic imine (C=N–C) groups is 1. The Morgan fingerprint density at radius 1 is 1.67 bits per heavy atom. The molecule has 80 valence electrons. The fourth-order valence-electron chi connectivity index (χ4n) is 1.19. The predicted octanol–water partition coefficient (Wildman–Crippen LogP) is 2.29. The normalized spacial score (nSPS) is 12.7. The van der Waals surface area contributed by atoms with Crippen molar-refractivity contribution in [1.29, 1.82) is 0 Å². The zero-order valence-corrected chi connectivity index (χ0v) is 9.33. The molecule has 0 amide bonds. The summed E-state index contributed by atoms with van der Waals surface area (Å²) in [6.45, 7) is 7.57. The summed E-state index contributed by atoms with van der Waals surface area (Å²) in [5.74, 6) is 1.56. The summed E-state index contributed by atoms with van der Waals surface area (Å²) in [6, 6.07) is 1.92. The van der Waals surface area contributed by atoms with Crippen molar-refractivity contribution in [2.45, 2.75) is 13.8 Å². The minimum atomic E-state index is 0.768. The Morgan fingerprint density at radius 3 is 2.87 bits per heavy atom. The van der Waals surface area contributed by atoms with Gasteiger partial charge in [0.15, 0.2) is 5.82 Å². The molecule has 0 saturated heterocycles. The first-order valence-corrected chi connectivity index (χ1v) is 4.73. The van der Waals surface area contributed by atoms with E-state index in [-0.39, 0.29) is 0 Å². The SMILES string of the molecule is C=C/C=C(\C)C(=NC)Nc1cc(C)[nH]n1. The number of H-pyrrole nitrogens is 1. The van der Waals surface area contributed by atoms with Gasteiger partial charge in [0.1, 0.15) is 5.84 Å². The molecule has 1 aromatic heterocycles. The van der Waals surface area contributed by atoms with Crippen molar-refractivity contribution in [3.8, 4) is 0 Å². The van der Waals surface area contributed by atoms with Crippen molar-refractivity contribution in [2.75, 3.05) is 12.4 Å². The lowest BCUT2D eigenvalue weighted by Gasteiger charge is -2.05. The van der Waals surface area contributed by atoms with Gasteiger partial charge in [0.25, 0.3) is 0 Å². The molecular formula is C11H16N4. The Hall–Kier alpha value is -1.84. The van der Waals surface area contributed by atoms with Gasteiger partial charge in [-0.1, -0.05) is 18.7 Å². The maximum absolute atomic E-state index is 4.15. The molecular weight excluding hydrogens is 188 g/mol. The van der Waals surface area contributed by atoms with Crippen LogP contribution < -0.4 is 5.32 Å². The van der Waals surface area contributed by atoms with Gasteiger partial charge >= 0.3 is 0 Å². The number of hydrogen-bond acceptors (Lipinski definition) is 2. The molecule has 15 heavy (non-hydrogen) atoms. The highest BCUT2D eigenvalue weighted by molar-refractivity contribution is 6.07. The summed E-state index contributed by atoms with van der Waals surface area (Å²) < 4.78 is 0. The number of aryl methyl sites for hydroxylation is 1. The zero-order valence-electron chi connectivity index (χ0n) is 9.33. The third-order valence-electron chi connectivity index (χ3n) is 1.92. The van der Waals surface area contributed by atoms with Crippen LogP contribution in [0.3, 0.4) is 0 Å². The van der Waals surface area contributed by atoms with E-state index in [1.54, 1.807) is 13.1 Å². The van der Waals surface area contributed by atoms with Crippen molar-refractivity contribution in [2.24, 2.45) is 4.99 Å². The second-order valence-electron chi connectivity index (χ2n) is 3.22. The van der Waals surface area contributed by atoms with Crippen LogP contribution in [-0.4, -0.2) is 23.1 Å². The lowest BCUT2D eigenvalue weighted by atomic mass is 10.2. The molecule has 0 aliphatic heterocycles. The van der Waals surface area contributed by atoms with Crippen molar-refractivity contribution >= 4 is 11.7 Å². The van der Waals surface area contributed by atoms with E-state index in [2.05, 4.69) is 27.1 Å². The number of rotatable bonds is 3. The molecule has 0 radical (unpaired) electrons. The number of aromatic nitrogens is 2. The predicted molar refractivity (Wildman–Crippen MR) is 64.3 cm³/mol. The third kappa shape index (κ3) is 3.09. The molecule has 0 bridgehead atoms. The van der Waals surface area contributed by atoms with Gasteiger partial charge in [-0.2, -0.15) is 5.10 Å². The van der Waals surface area contributed by atoms with E-state index in [1.807, 2.05) is 26.0 Å². The number of hydrogen-bond donors (Lipinski definition) is 2. The summed E-state index contributed by atoms with van der Waals surface area (Å²) in [6.07, 6.45) is 3.63. The minimum absolute atomic E-state index is 0.768. The first-order valence-electron chi connectivity index (χ1n) is 4.73. The Balaban J connectivity index is 2.79. The highest BCUT2D eigenvalue weighted by atomic mass is 15.2. The maximum atomic E-state index is 4.15. The van der Waals surface area contributed by atoms with Gasteiger partial charge in [-0.3, -0.25) is 10.1 Å². The highest BCUT2D eigenvalue weighted by Crippen LogP contribution is 2.07. The molecule has 0 aromatic carbocycles. The third-order valence-corrected chi connectivity index (χ3v) is 1.92. The standard InChI is InChI=1S/C11H16N4/c1-5-6-8(2)11(12-4)13-10-7-9(3)14-15-10/h5-7H,1H2,2-4H3,(H2,12,13,14,15)/b8-6+. The minimum Gasteiger partial charge on any atom is -0.324 e. The van der Waals surface area contributed by atoms with Gasteiger partial charge in [0, 0.05) is 18.8 Å². The van der Waals surface area contributed by atoms with E-state index in [0.717, 1.165) is 22.9 Å². The van der Waals surface area contributed by atoms with Crippen LogP contribution in [0.4, 0.5) is 5.82 Å². The van der Waals surface area contributed by atoms with E-state index in [1.165, 1.54) is 0 Å². The fraction of sp³-hybridized carbons (Fsp3) is 0.273. The molecule has 4 nitrogen and oxygen atoms in total. The first kappa shape index (κ1) is 11.2. The average Bonchev–Trinajstić information content (AvgIpc) is 2.61. The van der Waals surface area contributed by atoms with Gasteiger partial charge in [-0.05, 0) is 19.4 Å². The summed E-state index contributed by atoms with van der Waals surface area (Å²) >= 11 is 0. The summed E-state index contributed by atoms with van der Waals surface area (Å²) in [7, 11) is 1.74. The van der Waals surface area contributed by atoms with Gasteiger partial charge < -0.3 is 5.32 Å². The molecule has 1 aromatic rings. The Morgan fingerprint density at radius 2 is 2.40 bits per heavy atom. The zero-order chi connectivity index (χ0) is 11.3. The molecule has 0 fully saturated rings. The molecule has 1 heterocycles. The smallest absolute Gasteiger partial charge is 0.153 e. The lowest BCUT2D eigenvalue weighted by Crippen LogP contribution is -2.13. The van der Waals surface area contributed by atoms with E-state index in [4.69, 9.17) is 0 Å². The molecule has 2 N–H and O–H groups in total. The molecule has 0 spiro atoms. The summed E-state index contributed by atoms with van der Waals surface area (Å²) in [5, 5.41) is 10.1. The van der Waals surface area contributed by atoms with Crippen LogP contribution in [0, 0.1) is 6.92 Å². The largest absolute Gasteiger partial charge is 0.324 e. The Kier molecular flexibility index (Phi) is 3.85. The number of aromatic amines is 1. The van der Waals surface area contributed by atoms with Crippen LogP contribution in [0.2, 0.25) is 0 Å². The number of anilines is 1. The van der Waals surface area contributed by atoms with Crippen LogP contribution in [0.1, 0.15) is 12.6 Å². The van der Waals surface area contributed by atoms with E-state index >= 15 is 0 Å². The van der Waals surface area contributed by atoms with Crippen LogP contribution in [0.15, 0.2) is 35.4 Å². The number of amidine groups is 1. The second kappa shape index (κ2) is 5.14. The first-order chi connectivity index (χ1) is 7.17. The molecule has 4 heteroatoms. The molecule has 0 atom stereocenters. The Bertz CT molecular complexity index is 398. The summed E-state index contributed by atoms with van der Waals surface area (Å²) in [4.78, 5) is 4.15. The number of nitrogens with one attached hydrogen (secondary N) is 2. The van der Waals surface area contributed by atoms with Crippen LogP contribution in [0.25, 0.3) is 0 Å². The van der Waals surface area contributed by atoms with E-state index < -0.39 is 0 Å². The second-order valence-corrected chi connectivity index (χ2v) is 3.22. The van der Waals surface area contributed by atoms with Crippen LogP contribution in [-0.2, 0) is 0 Å². The maximum Gasteiger partial charge on any atom is 0.153 e. The molecule has 1 rings (SSSR count).